The largest absolute Gasteiger partial charge is 0.457 e. The number of hydrogen-bond donors (Lipinski definition) is 1. The van der Waals surface area contributed by atoms with Gasteiger partial charge in [0.2, 0.25) is 0 Å². The van der Waals surface area contributed by atoms with E-state index >= 15 is 0 Å². The molecule has 0 saturated heterocycles. The molecule has 0 aliphatic carbocycles. The molecule has 0 amide bonds. The molecule has 0 heterocycles. The predicted molar refractivity (Wildman–Crippen MR) is 117 cm³/mol. The lowest BCUT2D eigenvalue weighted by atomic mass is 10.0. The number of carbonyl (C=O) groups is 1. The Balaban J connectivity index is 2.65. The molecule has 0 aromatic heterocycles. The van der Waals surface area contributed by atoms with Crippen LogP contribution in [0, 0.1) is 0 Å². The summed E-state index contributed by atoms with van der Waals surface area (Å²) in [6, 6.07) is 8.06. The van der Waals surface area contributed by atoms with Crippen molar-refractivity contribution in [1.29, 1.82) is 0 Å². The van der Waals surface area contributed by atoms with Crippen molar-refractivity contribution >= 4 is 32.9 Å². The van der Waals surface area contributed by atoms with E-state index in [2.05, 4.69) is 20.7 Å². The van der Waals surface area contributed by atoms with Gasteiger partial charge < -0.3 is 4.74 Å². The second-order valence-electron chi connectivity index (χ2n) is 8.47. The second kappa shape index (κ2) is 10.5. The Morgan fingerprint density at radius 3 is 2.30 bits per heavy atom. The molecule has 6 heteroatoms. The molecular formula is C21H32BrNO3S. The molecule has 1 aromatic carbocycles. The van der Waals surface area contributed by atoms with E-state index in [0.29, 0.717) is 0 Å². The highest BCUT2D eigenvalue weighted by molar-refractivity contribution is 9.10. The molecule has 0 spiro atoms. The normalized spacial score (nSPS) is 14.9. The number of rotatable bonds is 8. The van der Waals surface area contributed by atoms with Gasteiger partial charge in [-0.3, -0.25) is 0 Å². The fourth-order valence-corrected chi connectivity index (χ4v) is 3.38. The smallest absolute Gasteiger partial charge is 0.330 e. The third-order valence-electron chi connectivity index (χ3n) is 3.60. The summed E-state index contributed by atoms with van der Waals surface area (Å²) < 4.78 is 21.7. The molecule has 152 valence electrons. The van der Waals surface area contributed by atoms with E-state index in [0.717, 1.165) is 29.3 Å². The molecular weight excluding hydrogens is 426 g/mol. The van der Waals surface area contributed by atoms with E-state index in [4.69, 9.17) is 4.74 Å². The van der Waals surface area contributed by atoms with Crippen LogP contribution in [0.3, 0.4) is 0 Å². The molecule has 0 bridgehead atoms. The topological polar surface area (TPSA) is 55.4 Å². The summed E-state index contributed by atoms with van der Waals surface area (Å²) in [4.78, 5) is 11.7. The number of halogens is 1. The quantitative estimate of drug-likeness (QED) is 0.313. The summed E-state index contributed by atoms with van der Waals surface area (Å²) in [5.74, 6) is -0.320. The van der Waals surface area contributed by atoms with E-state index in [1.807, 2.05) is 71.9 Å². The number of benzene rings is 1. The van der Waals surface area contributed by atoms with Gasteiger partial charge >= 0.3 is 5.97 Å². The van der Waals surface area contributed by atoms with Crippen LogP contribution in [0.2, 0.25) is 0 Å². The molecule has 0 aliphatic heterocycles. The minimum Gasteiger partial charge on any atom is -0.457 e. The highest BCUT2D eigenvalue weighted by atomic mass is 79.9. The number of nitrogens with one attached hydrogen (secondary N) is 1. The average Bonchev–Trinajstić information content (AvgIpc) is 2.51. The van der Waals surface area contributed by atoms with Gasteiger partial charge in [-0.15, -0.1) is 0 Å². The summed E-state index contributed by atoms with van der Waals surface area (Å²) in [5.41, 5.74) is 0.626. The Morgan fingerprint density at radius 2 is 1.78 bits per heavy atom. The summed E-state index contributed by atoms with van der Waals surface area (Å²) in [6.07, 6.45) is 5.78. The Morgan fingerprint density at radius 1 is 1.19 bits per heavy atom. The highest BCUT2D eigenvalue weighted by Crippen LogP contribution is 2.24. The van der Waals surface area contributed by atoms with Crippen molar-refractivity contribution in [1.82, 2.24) is 4.72 Å². The van der Waals surface area contributed by atoms with Gasteiger partial charge in [-0.25, -0.2) is 13.7 Å². The maximum atomic E-state index is 12.5. The predicted octanol–water partition coefficient (Wildman–Crippen LogP) is 5.61. The van der Waals surface area contributed by atoms with E-state index in [1.165, 1.54) is 6.08 Å². The van der Waals surface area contributed by atoms with Gasteiger partial charge in [-0.2, -0.15) is 0 Å². The van der Waals surface area contributed by atoms with Crippen LogP contribution >= 0.6 is 15.9 Å². The van der Waals surface area contributed by atoms with Gasteiger partial charge in [0.15, 0.2) is 0 Å². The molecule has 0 radical (unpaired) electrons. The van der Waals surface area contributed by atoms with Crippen LogP contribution in [0.1, 0.15) is 72.4 Å². The Bertz CT molecular complexity index is 657. The lowest BCUT2D eigenvalue weighted by Gasteiger charge is -2.24. The number of carbonyl (C=O) groups excluding carboxylic acids is 1. The maximum Gasteiger partial charge on any atom is 0.330 e. The highest BCUT2D eigenvalue weighted by Gasteiger charge is 2.23. The van der Waals surface area contributed by atoms with Crippen LogP contribution in [-0.4, -0.2) is 20.5 Å². The first-order valence-electron chi connectivity index (χ1n) is 9.21. The summed E-state index contributed by atoms with van der Waals surface area (Å²) >= 11 is 3.45. The number of unbranched alkanes of at least 4 members (excludes halogenated alkanes) is 1. The van der Waals surface area contributed by atoms with Crippen molar-refractivity contribution in [3.63, 3.8) is 0 Å². The van der Waals surface area contributed by atoms with Crippen molar-refractivity contribution in [2.45, 2.75) is 77.2 Å². The monoisotopic (exact) mass is 457 g/mol. The van der Waals surface area contributed by atoms with Crippen LogP contribution in [0.4, 0.5) is 0 Å². The summed E-state index contributed by atoms with van der Waals surface area (Å²) in [5, 5.41) is 0. The van der Waals surface area contributed by atoms with E-state index in [-0.39, 0.29) is 16.8 Å². The minimum absolute atomic E-state index is 0.00640. The molecule has 1 N–H and O–H groups in total. The zero-order valence-corrected chi connectivity index (χ0v) is 19.6. The van der Waals surface area contributed by atoms with Crippen LogP contribution in [0.15, 0.2) is 40.9 Å². The molecule has 2 atom stereocenters. The second-order valence-corrected chi connectivity index (χ2v) is 11.4. The van der Waals surface area contributed by atoms with E-state index in [1.54, 1.807) is 0 Å². The van der Waals surface area contributed by atoms with Gasteiger partial charge in [0.1, 0.15) is 5.60 Å². The zero-order chi connectivity index (χ0) is 20.7. The van der Waals surface area contributed by atoms with Crippen molar-refractivity contribution < 1.29 is 13.7 Å². The summed E-state index contributed by atoms with van der Waals surface area (Å²) in [6.45, 7) is 11.4. The van der Waals surface area contributed by atoms with E-state index < -0.39 is 16.6 Å². The average molecular weight is 458 g/mol. The first kappa shape index (κ1) is 24.1. The van der Waals surface area contributed by atoms with Crippen molar-refractivity contribution in [3.8, 4) is 0 Å². The minimum atomic E-state index is -1.15. The number of esters is 1. The van der Waals surface area contributed by atoms with Gasteiger partial charge in [0, 0.05) is 16.6 Å². The van der Waals surface area contributed by atoms with E-state index in [9.17, 15) is 9.00 Å². The van der Waals surface area contributed by atoms with Crippen molar-refractivity contribution in [2.24, 2.45) is 0 Å². The number of allylic oxidation sites excluding steroid dienone is 1. The molecule has 27 heavy (non-hydrogen) atoms. The number of ether oxygens (including phenoxy) is 1. The van der Waals surface area contributed by atoms with Gasteiger partial charge in [0.05, 0.1) is 15.7 Å². The third-order valence-corrected chi connectivity index (χ3v) is 5.74. The molecule has 0 saturated carbocycles. The lowest BCUT2D eigenvalue weighted by molar-refractivity contribution is -0.148. The Hall–Kier alpha value is -0.980. The first-order valence-corrected chi connectivity index (χ1v) is 11.2. The maximum absolute atomic E-state index is 12.5. The van der Waals surface area contributed by atoms with Gasteiger partial charge in [0.25, 0.3) is 0 Å². The van der Waals surface area contributed by atoms with Crippen molar-refractivity contribution in [2.75, 3.05) is 0 Å². The van der Waals surface area contributed by atoms with Crippen LogP contribution in [-0.2, 0) is 20.5 Å². The SMILES string of the molecule is CC(C)(C)OC(=O)/C=C/CCC[C@H](NS(=O)C(C)(C)C)c1ccc(Br)cc1. The Labute approximate surface area is 174 Å². The van der Waals surface area contributed by atoms with Gasteiger partial charge in [-0.05, 0) is 78.5 Å². The number of hydrogen-bond acceptors (Lipinski definition) is 3. The molecule has 0 aliphatic rings. The lowest BCUT2D eigenvalue weighted by Crippen LogP contribution is -2.35. The summed E-state index contributed by atoms with van der Waals surface area (Å²) in [7, 11) is -1.15. The molecule has 1 aromatic rings. The Kier molecular flexibility index (Phi) is 9.39. The first-order chi connectivity index (χ1) is 12.4. The van der Waals surface area contributed by atoms with Crippen LogP contribution in [0.5, 0.6) is 0 Å². The molecule has 1 rings (SSSR count). The standard InChI is InChI=1S/C21H32BrNO3S/c1-20(2,3)26-19(24)11-9-7-8-10-18(23-27(25)21(4,5)6)16-12-14-17(22)15-13-16/h9,11-15,18,23H,7-8,10H2,1-6H3/b11-9+/t18-,27?/m0/s1. The fourth-order valence-electron chi connectivity index (χ4n) is 2.25. The van der Waals surface area contributed by atoms with Gasteiger partial charge in [-0.1, -0.05) is 34.1 Å². The molecule has 0 fully saturated rings. The molecule has 1 unspecified atom stereocenters. The third kappa shape index (κ3) is 10.2. The zero-order valence-electron chi connectivity index (χ0n) is 17.2. The van der Waals surface area contributed by atoms with Crippen molar-refractivity contribution in [3.05, 3.63) is 46.5 Å². The fraction of sp³-hybridized carbons (Fsp3) is 0.571. The van der Waals surface area contributed by atoms with Crippen LogP contribution in [0.25, 0.3) is 0 Å². The molecule has 4 nitrogen and oxygen atoms in total. The van der Waals surface area contributed by atoms with Crippen LogP contribution < -0.4 is 4.72 Å².